The average molecular weight is 271 g/mol. The van der Waals surface area contributed by atoms with Gasteiger partial charge in [0.15, 0.2) is 0 Å². The molecule has 0 radical (unpaired) electrons. The number of nitrogens with zero attached hydrogens (tertiary/aromatic N) is 1. The molecule has 0 aliphatic heterocycles. The lowest BCUT2D eigenvalue weighted by molar-refractivity contribution is 1.34. The van der Waals surface area contributed by atoms with Gasteiger partial charge in [0.05, 0.1) is 21.1 Å². The molecule has 0 spiro atoms. The Morgan fingerprint density at radius 2 is 1.33 bits per heavy atom. The minimum Gasteiger partial charge on any atom is -0.246 e. The average Bonchev–Trinajstić information content (AvgIpc) is 2.98. The summed E-state index contributed by atoms with van der Waals surface area (Å²) in [7, 11) is 0. The van der Waals surface area contributed by atoms with Crippen LogP contribution in [0.4, 0.5) is 0 Å². The highest BCUT2D eigenvalue weighted by atomic mass is 32.1. The van der Waals surface area contributed by atoms with Gasteiger partial charge in [-0.15, -0.1) is 22.7 Å². The lowest BCUT2D eigenvalue weighted by Gasteiger charge is -2.00. The van der Waals surface area contributed by atoms with E-state index in [-0.39, 0.29) is 0 Å². The molecule has 3 heteroatoms. The molecule has 3 aromatic rings. The number of thiophene rings is 2. The minimum absolute atomic E-state index is 1.07. The Bertz CT molecular complexity index is 624. The topological polar surface area (TPSA) is 12.9 Å². The van der Waals surface area contributed by atoms with Crippen LogP contribution < -0.4 is 0 Å². The lowest BCUT2D eigenvalue weighted by Crippen LogP contribution is -1.83. The lowest BCUT2D eigenvalue weighted by atomic mass is 10.2. The molecule has 3 heterocycles. The minimum atomic E-state index is 1.07. The molecule has 0 aromatic carbocycles. The van der Waals surface area contributed by atoms with Gasteiger partial charge < -0.3 is 0 Å². The van der Waals surface area contributed by atoms with Crippen molar-refractivity contribution in [2.45, 2.75) is 13.8 Å². The van der Waals surface area contributed by atoms with E-state index in [0.29, 0.717) is 0 Å². The highest BCUT2D eigenvalue weighted by Crippen LogP contribution is 2.30. The van der Waals surface area contributed by atoms with Crippen LogP contribution in [0.3, 0.4) is 0 Å². The van der Waals surface area contributed by atoms with Gasteiger partial charge in [-0.25, -0.2) is 4.98 Å². The van der Waals surface area contributed by atoms with Crippen LogP contribution in [-0.4, -0.2) is 4.98 Å². The third kappa shape index (κ3) is 2.24. The number of hydrogen-bond acceptors (Lipinski definition) is 3. The molecule has 0 saturated heterocycles. The molecule has 3 aromatic heterocycles. The van der Waals surface area contributed by atoms with Crippen molar-refractivity contribution in [3.8, 4) is 21.1 Å². The second-order valence-corrected chi connectivity index (χ2v) is 6.21. The Kier molecular flexibility index (Phi) is 3.02. The molecule has 0 aliphatic carbocycles. The molecule has 0 amide bonds. The van der Waals surface area contributed by atoms with E-state index in [2.05, 4.69) is 54.9 Å². The smallest absolute Gasteiger partial charge is 0.0809 e. The van der Waals surface area contributed by atoms with Crippen molar-refractivity contribution >= 4 is 22.7 Å². The summed E-state index contributed by atoms with van der Waals surface area (Å²) in [5, 5.41) is 4.33. The summed E-state index contributed by atoms with van der Waals surface area (Å²) in [4.78, 5) is 7.24. The van der Waals surface area contributed by atoms with Gasteiger partial charge in [-0.1, -0.05) is 6.07 Å². The Morgan fingerprint density at radius 3 is 1.72 bits per heavy atom. The summed E-state index contributed by atoms with van der Waals surface area (Å²) in [6.07, 6.45) is 0. The Hall–Kier alpha value is -1.45. The normalized spacial score (nSPS) is 10.8. The molecule has 0 atom stereocenters. The van der Waals surface area contributed by atoms with E-state index >= 15 is 0 Å². The zero-order valence-corrected chi connectivity index (χ0v) is 11.9. The molecule has 0 aliphatic rings. The highest BCUT2D eigenvalue weighted by molar-refractivity contribution is 7.14. The van der Waals surface area contributed by atoms with Crippen LogP contribution in [0.5, 0.6) is 0 Å². The number of pyridine rings is 1. The van der Waals surface area contributed by atoms with Crippen molar-refractivity contribution in [3.05, 3.63) is 52.2 Å². The summed E-state index contributed by atoms with van der Waals surface area (Å²) in [6.45, 7) is 4.24. The fraction of sp³-hybridized carbons (Fsp3) is 0.133. The highest BCUT2D eigenvalue weighted by Gasteiger charge is 2.06. The molecule has 0 bridgehead atoms. The first-order valence-corrected chi connectivity index (χ1v) is 7.56. The fourth-order valence-corrected chi connectivity index (χ4v) is 3.58. The van der Waals surface area contributed by atoms with Crippen LogP contribution in [0.15, 0.2) is 41.1 Å². The van der Waals surface area contributed by atoms with Crippen LogP contribution in [0, 0.1) is 13.8 Å². The third-order valence-electron chi connectivity index (χ3n) is 2.72. The summed E-state index contributed by atoms with van der Waals surface area (Å²) < 4.78 is 0. The van der Waals surface area contributed by atoms with Crippen LogP contribution in [0.1, 0.15) is 11.1 Å². The number of aromatic nitrogens is 1. The van der Waals surface area contributed by atoms with Crippen LogP contribution in [0.25, 0.3) is 21.1 Å². The van der Waals surface area contributed by atoms with Crippen molar-refractivity contribution in [1.29, 1.82) is 0 Å². The summed E-state index contributed by atoms with van der Waals surface area (Å²) in [5.74, 6) is 0. The summed E-state index contributed by atoms with van der Waals surface area (Å²) in [5.41, 5.74) is 4.73. The van der Waals surface area contributed by atoms with E-state index in [0.717, 1.165) is 11.4 Å². The molecule has 1 nitrogen and oxygen atoms in total. The van der Waals surface area contributed by atoms with Crippen LogP contribution in [-0.2, 0) is 0 Å². The number of aryl methyl sites for hydroxylation is 2. The van der Waals surface area contributed by atoms with Gasteiger partial charge in [0.1, 0.15) is 0 Å². The standard InChI is InChI=1S/C15H13NS2/c1-10-6-14(17-8-10)12-4-3-5-13(16-12)15-7-11(2)9-18-15/h3-9H,1-2H3. The first-order valence-electron chi connectivity index (χ1n) is 5.80. The SMILES string of the molecule is Cc1csc(-c2cccc(-c3cc(C)cs3)n2)c1. The van der Waals surface area contributed by atoms with Gasteiger partial charge in [-0.05, 0) is 60.0 Å². The second-order valence-electron chi connectivity index (χ2n) is 4.38. The third-order valence-corrected chi connectivity index (χ3v) is 4.86. The molecule has 0 saturated carbocycles. The monoisotopic (exact) mass is 271 g/mol. The van der Waals surface area contributed by atoms with E-state index in [4.69, 9.17) is 4.98 Å². The van der Waals surface area contributed by atoms with Crippen molar-refractivity contribution in [1.82, 2.24) is 4.98 Å². The zero-order valence-electron chi connectivity index (χ0n) is 10.3. The van der Waals surface area contributed by atoms with Crippen LogP contribution >= 0.6 is 22.7 Å². The summed E-state index contributed by atoms with van der Waals surface area (Å²) in [6, 6.07) is 10.6. The van der Waals surface area contributed by atoms with Crippen molar-refractivity contribution in [3.63, 3.8) is 0 Å². The molecular weight excluding hydrogens is 258 g/mol. The zero-order chi connectivity index (χ0) is 12.5. The maximum atomic E-state index is 4.76. The molecular formula is C15H13NS2. The van der Waals surface area contributed by atoms with Gasteiger partial charge in [0, 0.05) is 0 Å². The van der Waals surface area contributed by atoms with E-state index in [9.17, 15) is 0 Å². The largest absolute Gasteiger partial charge is 0.246 e. The molecule has 90 valence electrons. The van der Waals surface area contributed by atoms with Crippen molar-refractivity contribution in [2.24, 2.45) is 0 Å². The number of rotatable bonds is 2. The maximum absolute atomic E-state index is 4.76. The van der Waals surface area contributed by atoms with Gasteiger partial charge in [-0.3, -0.25) is 0 Å². The van der Waals surface area contributed by atoms with Gasteiger partial charge in [-0.2, -0.15) is 0 Å². The Morgan fingerprint density at radius 1 is 0.833 bits per heavy atom. The molecule has 3 rings (SSSR count). The first-order chi connectivity index (χ1) is 8.72. The quantitative estimate of drug-likeness (QED) is 0.627. The van der Waals surface area contributed by atoms with Gasteiger partial charge in [0.25, 0.3) is 0 Å². The van der Waals surface area contributed by atoms with E-state index < -0.39 is 0 Å². The van der Waals surface area contributed by atoms with Crippen molar-refractivity contribution in [2.75, 3.05) is 0 Å². The van der Waals surface area contributed by atoms with E-state index in [1.165, 1.54) is 20.9 Å². The van der Waals surface area contributed by atoms with E-state index in [1.54, 1.807) is 22.7 Å². The predicted octanol–water partition coefficient (Wildman–Crippen LogP) is 5.16. The predicted molar refractivity (Wildman–Crippen MR) is 80.3 cm³/mol. The van der Waals surface area contributed by atoms with Crippen molar-refractivity contribution < 1.29 is 0 Å². The van der Waals surface area contributed by atoms with E-state index in [1.807, 2.05) is 0 Å². The molecule has 0 N–H and O–H groups in total. The molecule has 18 heavy (non-hydrogen) atoms. The number of hydrogen-bond donors (Lipinski definition) is 0. The molecule has 0 fully saturated rings. The fourth-order valence-electron chi connectivity index (χ4n) is 1.84. The first kappa shape index (κ1) is 11.6. The Labute approximate surface area is 115 Å². The van der Waals surface area contributed by atoms with Gasteiger partial charge >= 0.3 is 0 Å². The van der Waals surface area contributed by atoms with Crippen LogP contribution in [0.2, 0.25) is 0 Å². The second kappa shape index (κ2) is 4.67. The Balaban J connectivity index is 2.04. The molecule has 0 unspecified atom stereocenters. The van der Waals surface area contributed by atoms with Gasteiger partial charge in [0.2, 0.25) is 0 Å². The summed E-state index contributed by atoms with van der Waals surface area (Å²) >= 11 is 3.51. The maximum Gasteiger partial charge on any atom is 0.0809 e.